The van der Waals surface area contributed by atoms with Crippen molar-refractivity contribution in [3.05, 3.63) is 106 Å². The number of fused-ring (bicyclic) bond motifs is 6. The van der Waals surface area contributed by atoms with Crippen molar-refractivity contribution in [3.63, 3.8) is 0 Å². The minimum atomic E-state index is -3.71. The molecule has 0 aliphatic heterocycles. The number of aryl methyl sites for hydroxylation is 2. The number of methoxy groups -OCH3 is 4. The van der Waals surface area contributed by atoms with Crippen LogP contribution < -0.4 is 19.5 Å². The van der Waals surface area contributed by atoms with Crippen LogP contribution in [0.4, 0.5) is 0 Å². The highest BCUT2D eigenvalue weighted by Crippen LogP contribution is 2.52. The van der Waals surface area contributed by atoms with Gasteiger partial charge >= 0.3 is 0 Å². The Morgan fingerprint density at radius 1 is 0.358 bits per heavy atom. The summed E-state index contributed by atoms with van der Waals surface area (Å²) in [5.74, 6) is -0.756. The lowest BCUT2D eigenvalue weighted by Crippen LogP contribution is -2.31. The fourth-order valence-corrected chi connectivity index (χ4v) is 16.3. The van der Waals surface area contributed by atoms with Gasteiger partial charge in [0.05, 0.1) is 101 Å². The van der Waals surface area contributed by atoms with Crippen LogP contribution in [0.3, 0.4) is 0 Å². The van der Waals surface area contributed by atoms with Gasteiger partial charge in [0.25, 0.3) is 0 Å². The molecule has 4 aromatic carbocycles. The first-order valence-corrected chi connectivity index (χ1v) is 39.5. The molecule has 0 heterocycles. The lowest BCUT2D eigenvalue weighted by Gasteiger charge is -2.36. The van der Waals surface area contributed by atoms with Crippen LogP contribution in [0.1, 0.15) is 103 Å². The first-order chi connectivity index (χ1) is 45.8. The minimum Gasteiger partial charge on any atom is -0.382 e. The quantitative estimate of drug-likeness (QED) is 0.0334. The van der Waals surface area contributed by atoms with Gasteiger partial charge in [0.15, 0.2) is 9.84 Å². The number of sulfonamides is 3. The Bertz CT molecular complexity index is 3380. The summed E-state index contributed by atoms with van der Waals surface area (Å²) in [6, 6.07) is 24.5. The van der Waals surface area contributed by atoms with Crippen LogP contribution in [0.5, 0.6) is 0 Å². The molecule has 0 saturated heterocycles. The van der Waals surface area contributed by atoms with E-state index in [2.05, 4.69) is 37.7 Å². The number of sulfone groups is 1. The number of ether oxygens (including phenoxy) is 12. The van der Waals surface area contributed by atoms with E-state index in [9.17, 15) is 33.7 Å². The summed E-state index contributed by atoms with van der Waals surface area (Å²) < 4.78 is 185. The summed E-state index contributed by atoms with van der Waals surface area (Å²) in [5.41, 5.74) is 10.3. The molecular formula is C67H104N4O20S4. The third kappa shape index (κ3) is 26.9. The Morgan fingerprint density at radius 2 is 0.684 bits per heavy atom. The molecule has 536 valence electrons. The van der Waals surface area contributed by atoms with E-state index in [1.807, 2.05) is 75.5 Å². The van der Waals surface area contributed by atoms with Gasteiger partial charge in [0, 0.05) is 81.1 Å². The summed E-state index contributed by atoms with van der Waals surface area (Å²) in [6.07, 6.45) is -0.941. The first-order valence-electron chi connectivity index (χ1n) is 32.8. The van der Waals surface area contributed by atoms with Crippen molar-refractivity contribution in [3.8, 4) is 33.4 Å². The molecule has 4 aromatic rings. The van der Waals surface area contributed by atoms with E-state index < -0.39 is 69.6 Å². The zero-order valence-corrected chi connectivity index (χ0v) is 59.8. The third-order valence-corrected chi connectivity index (χ3v) is 22.9. The lowest BCUT2D eigenvalue weighted by molar-refractivity contribution is -0.0789. The number of rotatable bonds is 53. The van der Waals surface area contributed by atoms with Gasteiger partial charge in [-0.25, -0.2) is 47.8 Å². The van der Waals surface area contributed by atoms with E-state index in [0.717, 1.165) is 66.8 Å². The van der Waals surface area contributed by atoms with Crippen LogP contribution in [0.25, 0.3) is 33.4 Å². The van der Waals surface area contributed by atoms with E-state index in [4.69, 9.17) is 56.8 Å². The van der Waals surface area contributed by atoms with Gasteiger partial charge in [-0.2, -0.15) is 0 Å². The molecule has 5 atom stereocenters. The minimum absolute atomic E-state index is 0.0256. The largest absolute Gasteiger partial charge is 0.382 e. The van der Waals surface area contributed by atoms with E-state index >= 15 is 0 Å². The molecule has 2 aliphatic carbocycles. The van der Waals surface area contributed by atoms with Gasteiger partial charge in [0.2, 0.25) is 30.1 Å². The molecule has 0 fully saturated rings. The monoisotopic (exact) mass is 1410 g/mol. The van der Waals surface area contributed by atoms with Crippen LogP contribution in [0.2, 0.25) is 0 Å². The number of hydrogen-bond donors (Lipinski definition) is 4. The van der Waals surface area contributed by atoms with Crippen molar-refractivity contribution >= 4 is 39.9 Å². The molecule has 0 saturated carbocycles. The van der Waals surface area contributed by atoms with Crippen molar-refractivity contribution in [1.82, 2.24) is 19.5 Å². The number of hydrogen-bond acceptors (Lipinski definition) is 21. The molecule has 2 aliphatic rings. The Morgan fingerprint density at radius 3 is 1.03 bits per heavy atom. The smallest absolute Gasteiger partial charge is 0.211 e. The standard InChI is InChI=1S/C67H104N4O20S4/c1-51-14-18-56-58-20-16-53(49-62(58)66(64(60(56)47-51)89-28-10-44-93(74,75)69-24-32-85-40-36-81-5)88-27-9-43-92(72,73)55(13-8-23-68-3)22-31-84-39-35-80-4)54-17-21-59-57-19-15-52(2)48-61(57)65(90-29-11-45-94(76,77)70-25-33-86-41-37-82-6)67(63(59)50-54)91-30-12-46-95(78,79)71-26-34-87-42-38-83-7/h14-21,47-50,55,64-71H,8-13,22-46H2,1-7H3. The van der Waals surface area contributed by atoms with Gasteiger partial charge < -0.3 is 62.2 Å². The molecule has 28 heteroatoms. The Labute approximate surface area is 565 Å². The van der Waals surface area contributed by atoms with Gasteiger partial charge in [-0.15, -0.1) is 0 Å². The van der Waals surface area contributed by atoms with Crippen molar-refractivity contribution in [1.29, 1.82) is 0 Å². The summed E-state index contributed by atoms with van der Waals surface area (Å²) in [5, 5.41) is 2.50. The van der Waals surface area contributed by atoms with E-state index in [1.165, 1.54) is 0 Å². The normalized spacial score (nSPS) is 16.7. The maximum Gasteiger partial charge on any atom is 0.211 e. The SMILES string of the molecule is CNCCCC(CCOCCOC)S(=O)(=O)CCCOC1c2cc(-c3ccc4c(c3)C(OCCCS(=O)(=O)NCCOCCOC)C(OCCCS(=O)(=O)NCCOCCOC)c3cc(C)ccc3-4)ccc2-c2ccc(C)cc2C1OCCCS(=O)(=O)NCCOCCOC. The second kappa shape index (κ2) is 42.2. The Kier molecular flexibility index (Phi) is 35.6. The average Bonchev–Trinajstić information content (AvgIpc) is 0.750. The third-order valence-electron chi connectivity index (χ3n) is 16.1. The van der Waals surface area contributed by atoms with Gasteiger partial charge in [0.1, 0.15) is 24.4 Å². The van der Waals surface area contributed by atoms with Crippen LogP contribution in [0, 0.1) is 13.8 Å². The van der Waals surface area contributed by atoms with E-state index in [1.54, 1.807) is 28.4 Å². The molecule has 6 rings (SSSR count). The zero-order valence-electron chi connectivity index (χ0n) is 56.5. The molecule has 0 aromatic heterocycles. The molecule has 24 nitrogen and oxygen atoms in total. The van der Waals surface area contributed by atoms with Crippen molar-refractivity contribution in [2.45, 2.75) is 88.5 Å². The van der Waals surface area contributed by atoms with Crippen LogP contribution >= 0.6 is 0 Å². The predicted molar refractivity (Wildman–Crippen MR) is 367 cm³/mol. The Balaban J connectivity index is 1.34. The molecule has 0 radical (unpaired) electrons. The fourth-order valence-electron chi connectivity index (χ4n) is 11.4. The molecule has 0 bridgehead atoms. The van der Waals surface area contributed by atoms with Crippen molar-refractivity contribution in [2.75, 3.05) is 190 Å². The summed E-state index contributed by atoms with van der Waals surface area (Å²) in [4.78, 5) is 0. The number of benzene rings is 4. The number of nitrogens with one attached hydrogen (secondary N) is 4. The molecular weight excluding hydrogens is 1310 g/mol. The van der Waals surface area contributed by atoms with Gasteiger partial charge in [-0.05, 0) is 140 Å². The highest BCUT2D eigenvalue weighted by Gasteiger charge is 2.39. The van der Waals surface area contributed by atoms with Crippen LogP contribution in [0.15, 0.2) is 72.8 Å². The molecule has 95 heavy (non-hydrogen) atoms. The molecule has 0 amide bonds. The van der Waals surface area contributed by atoms with E-state index in [-0.39, 0.29) is 121 Å². The highest BCUT2D eigenvalue weighted by molar-refractivity contribution is 7.92. The average molecular weight is 1410 g/mol. The van der Waals surface area contributed by atoms with Gasteiger partial charge in [-0.3, -0.25) is 0 Å². The summed E-state index contributed by atoms with van der Waals surface area (Å²) >= 11 is 0. The van der Waals surface area contributed by atoms with Crippen molar-refractivity contribution < 1.29 is 90.5 Å². The van der Waals surface area contributed by atoms with Crippen LogP contribution in [-0.2, 0) is 96.7 Å². The van der Waals surface area contributed by atoms with Gasteiger partial charge in [-0.1, -0.05) is 71.8 Å². The molecule has 4 N–H and O–H groups in total. The second-order valence-corrected chi connectivity index (χ2v) is 31.6. The maximum atomic E-state index is 14.2. The first kappa shape index (κ1) is 80.0. The Hall–Kier alpha value is -3.96. The van der Waals surface area contributed by atoms with Crippen LogP contribution in [-0.4, -0.2) is 229 Å². The molecule has 5 unspecified atom stereocenters. The lowest BCUT2D eigenvalue weighted by atomic mass is 9.78. The summed E-state index contributed by atoms with van der Waals surface area (Å²) in [6.45, 7) is 8.87. The highest BCUT2D eigenvalue weighted by atomic mass is 32.2. The maximum absolute atomic E-state index is 14.2. The predicted octanol–water partition coefficient (Wildman–Crippen LogP) is 6.71. The zero-order chi connectivity index (χ0) is 68.5. The van der Waals surface area contributed by atoms with Crippen molar-refractivity contribution in [2.24, 2.45) is 0 Å². The topological polar surface area (TPSA) is 295 Å². The fraction of sp³-hybridized carbons (Fsp3) is 0.642. The molecule has 0 spiro atoms. The second-order valence-electron chi connectivity index (χ2n) is 23.4. The van der Waals surface area contributed by atoms with E-state index in [0.29, 0.717) is 78.7 Å². The summed E-state index contributed by atoms with van der Waals surface area (Å²) in [7, 11) is -6.61.